The predicted octanol–water partition coefficient (Wildman–Crippen LogP) is 4.43. The van der Waals surface area contributed by atoms with Crippen LogP contribution in [0.3, 0.4) is 0 Å². The molecule has 112 valence electrons. The van der Waals surface area contributed by atoms with Gasteiger partial charge >= 0.3 is 6.18 Å². The molecule has 1 aliphatic carbocycles. The van der Waals surface area contributed by atoms with Gasteiger partial charge in [-0.2, -0.15) is 13.2 Å². The van der Waals surface area contributed by atoms with Crippen molar-refractivity contribution < 1.29 is 18.3 Å². The smallest absolute Gasteiger partial charge is 0.396 e. The summed E-state index contributed by atoms with van der Waals surface area (Å²) >= 11 is 3.18. The molecule has 2 N–H and O–H groups in total. The SMILES string of the molecule is OCC1CCCCC1Nc1ccc(C(F)(F)F)cc1Br. The number of halogens is 4. The highest BCUT2D eigenvalue weighted by atomic mass is 79.9. The molecule has 0 aliphatic heterocycles. The Bertz CT molecular complexity index is 464. The first kappa shape index (κ1) is 15.6. The molecule has 0 amide bonds. The molecule has 0 radical (unpaired) electrons. The molecule has 1 fully saturated rings. The fraction of sp³-hybridized carbons (Fsp3) is 0.571. The van der Waals surface area contributed by atoms with E-state index in [1.165, 1.54) is 6.07 Å². The summed E-state index contributed by atoms with van der Waals surface area (Å²) in [6.45, 7) is 0.107. The summed E-state index contributed by atoms with van der Waals surface area (Å²) in [4.78, 5) is 0. The predicted molar refractivity (Wildman–Crippen MR) is 75.6 cm³/mol. The summed E-state index contributed by atoms with van der Waals surface area (Å²) in [5.74, 6) is 0.165. The summed E-state index contributed by atoms with van der Waals surface area (Å²) < 4.78 is 38.2. The van der Waals surface area contributed by atoms with E-state index < -0.39 is 11.7 Å². The van der Waals surface area contributed by atoms with Crippen LogP contribution < -0.4 is 5.32 Å². The minimum atomic E-state index is -4.33. The Balaban J connectivity index is 2.13. The Morgan fingerprint density at radius 3 is 2.55 bits per heavy atom. The number of aliphatic hydroxyl groups is 1. The van der Waals surface area contributed by atoms with Gasteiger partial charge in [0.05, 0.1) is 5.56 Å². The van der Waals surface area contributed by atoms with Crippen LogP contribution in [0.4, 0.5) is 18.9 Å². The van der Waals surface area contributed by atoms with Crippen LogP contribution in [0.2, 0.25) is 0 Å². The molecule has 0 bridgehead atoms. The number of nitrogens with one attached hydrogen (secondary N) is 1. The number of rotatable bonds is 3. The topological polar surface area (TPSA) is 32.3 Å². The standard InChI is InChI=1S/C14H17BrF3NO/c15-11-7-10(14(16,17)18)5-6-13(11)19-12-4-2-1-3-9(12)8-20/h5-7,9,12,19-20H,1-4,8H2. The maximum absolute atomic E-state index is 12.6. The van der Waals surface area contributed by atoms with E-state index in [9.17, 15) is 18.3 Å². The zero-order valence-corrected chi connectivity index (χ0v) is 12.5. The van der Waals surface area contributed by atoms with Crippen LogP contribution >= 0.6 is 15.9 Å². The van der Waals surface area contributed by atoms with Gasteiger partial charge in [-0.15, -0.1) is 0 Å². The molecule has 1 aromatic carbocycles. The van der Waals surface area contributed by atoms with Gasteiger partial charge in [0.25, 0.3) is 0 Å². The van der Waals surface area contributed by atoms with E-state index in [0.29, 0.717) is 10.2 Å². The maximum Gasteiger partial charge on any atom is 0.416 e. The number of alkyl halides is 3. The Morgan fingerprint density at radius 1 is 1.25 bits per heavy atom. The second kappa shape index (κ2) is 6.35. The molecule has 0 aromatic heterocycles. The van der Waals surface area contributed by atoms with Crippen molar-refractivity contribution in [2.24, 2.45) is 5.92 Å². The number of anilines is 1. The molecule has 1 saturated carbocycles. The van der Waals surface area contributed by atoms with Crippen LogP contribution in [-0.4, -0.2) is 17.8 Å². The van der Waals surface area contributed by atoms with Crippen molar-refractivity contribution in [3.05, 3.63) is 28.2 Å². The van der Waals surface area contributed by atoms with Crippen molar-refractivity contribution in [3.63, 3.8) is 0 Å². The van der Waals surface area contributed by atoms with E-state index in [2.05, 4.69) is 21.2 Å². The first-order valence-corrected chi connectivity index (χ1v) is 7.45. The van der Waals surface area contributed by atoms with Gasteiger partial charge in [0.15, 0.2) is 0 Å². The fourth-order valence-electron chi connectivity index (χ4n) is 2.62. The summed E-state index contributed by atoms with van der Waals surface area (Å²) in [6.07, 6.45) is -0.283. The van der Waals surface area contributed by atoms with Crippen LogP contribution in [0, 0.1) is 5.92 Å². The Morgan fingerprint density at radius 2 is 1.95 bits per heavy atom. The largest absolute Gasteiger partial charge is 0.416 e. The summed E-state index contributed by atoms with van der Waals surface area (Å²) in [7, 11) is 0. The highest BCUT2D eigenvalue weighted by Crippen LogP contribution is 2.35. The molecule has 2 unspecified atom stereocenters. The second-order valence-electron chi connectivity index (χ2n) is 5.17. The van der Waals surface area contributed by atoms with Crippen molar-refractivity contribution >= 4 is 21.6 Å². The van der Waals surface area contributed by atoms with Crippen LogP contribution in [-0.2, 0) is 6.18 Å². The van der Waals surface area contributed by atoms with E-state index >= 15 is 0 Å². The summed E-state index contributed by atoms with van der Waals surface area (Å²) in [5, 5.41) is 12.6. The molecule has 1 aromatic rings. The zero-order valence-electron chi connectivity index (χ0n) is 10.9. The van der Waals surface area contributed by atoms with Crippen molar-refractivity contribution in [2.45, 2.75) is 37.9 Å². The third-order valence-electron chi connectivity index (χ3n) is 3.78. The summed E-state index contributed by atoms with van der Waals surface area (Å²) in [6, 6.07) is 3.71. The van der Waals surface area contributed by atoms with Gasteiger partial charge in [0, 0.05) is 28.7 Å². The molecular formula is C14H17BrF3NO. The number of hydrogen-bond donors (Lipinski definition) is 2. The van der Waals surface area contributed by atoms with E-state index in [0.717, 1.165) is 37.8 Å². The molecule has 6 heteroatoms. The Kier molecular flexibility index (Phi) is 4.96. The molecule has 0 heterocycles. The number of hydrogen-bond acceptors (Lipinski definition) is 2. The monoisotopic (exact) mass is 351 g/mol. The quantitative estimate of drug-likeness (QED) is 0.844. The first-order chi connectivity index (χ1) is 9.41. The molecular weight excluding hydrogens is 335 g/mol. The molecule has 20 heavy (non-hydrogen) atoms. The molecule has 2 atom stereocenters. The van der Waals surface area contributed by atoms with Crippen molar-refractivity contribution in [2.75, 3.05) is 11.9 Å². The summed E-state index contributed by atoms with van der Waals surface area (Å²) in [5.41, 5.74) is -0.0272. The van der Waals surface area contributed by atoms with Crippen LogP contribution in [0.1, 0.15) is 31.2 Å². The van der Waals surface area contributed by atoms with E-state index in [1.807, 2.05) is 0 Å². The van der Waals surface area contributed by atoms with E-state index in [-0.39, 0.29) is 18.6 Å². The first-order valence-electron chi connectivity index (χ1n) is 6.66. The van der Waals surface area contributed by atoms with E-state index in [4.69, 9.17) is 0 Å². The van der Waals surface area contributed by atoms with Crippen molar-refractivity contribution in [3.8, 4) is 0 Å². The highest BCUT2D eigenvalue weighted by molar-refractivity contribution is 9.10. The normalized spacial score (nSPS) is 23.6. The van der Waals surface area contributed by atoms with Gasteiger partial charge in [0.1, 0.15) is 0 Å². The number of benzene rings is 1. The molecule has 0 saturated heterocycles. The minimum absolute atomic E-state index is 0.107. The van der Waals surface area contributed by atoms with Gasteiger partial charge in [0.2, 0.25) is 0 Å². The van der Waals surface area contributed by atoms with Gasteiger partial charge in [-0.3, -0.25) is 0 Å². The highest BCUT2D eigenvalue weighted by Gasteiger charge is 2.31. The Hall–Kier alpha value is -0.750. The lowest BCUT2D eigenvalue weighted by molar-refractivity contribution is -0.137. The van der Waals surface area contributed by atoms with Gasteiger partial charge < -0.3 is 10.4 Å². The van der Waals surface area contributed by atoms with E-state index in [1.54, 1.807) is 0 Å². The third kappa shape index (κ3) is 3.67. The van der Waals surface area contributed by atoms with Crippen molar-refractivity contribution in [1.82, 2.24) is 0 Å². The second-order valence-corrected chi connectivity index (χ2v) is 6.02. The zero-order chi connectivity index (χ0) is 14.8. The molecule has 2 nitrogen and oxygen atoms in total. The molecule has 0 spiro atoms. The van der Waals surface area contributed by atoms with Gasteiger partial charge in [-0.05, 0) is 47.0 Å². The fourth-order valence-corrected chi connectivity index (χ4v) is 3.12. The van der Waals surface area contributed by atoms with Gasteiger partial charge in [-0.25, -0.2) is 0 Å². The van der Waals surface area contributed by atoms with Gasteiger partial charge in [-0.1, -0.05) is 12.8 Å². The van der Waals surface area contributed by atoms with Crippen molar-refractivity contribution in [1.29, 1.82) is 0 Å². The average molecular weight is 352 g/mol. The molecule has 2 rings (SSSR count). The maximum atomic E-state index is 12.6. The minimum Gasteiger partial charge on any atom is -0.396 e. The van der Waals surface area contributed by atoms with Crippen LogP contribution in [0.15, 0.2) is 22.7 Å². The molecule has 1 aliphatic rings. The van der Waals surface area contributed by atoms with Crippen LogP contribution in [0.25, 0.3) is 0 Å². The van der Waals surface area contributed by atoms with Crippen LogP contribution in [0.5, 0.6) is 0 Å². The number of aliphatic hydroxyl groups excluding tert-OH is 1. The Labute approximate surface area is 124 Å². The lowest BCUT2D eigenvalue weighted by atomic mass is 9.85. The average Bonchev–Trinajstić information content (AvgIpc) is 2.40. The lowest BCUT2D eigenvalue weighted by Crippen LogP contribution is -2.34. The third-order valence-corrected chi connectivity index (χ3v) is 4.44. The lowest BCUT2D eigenvalue weighted by Gasteiger charge is -2.32.